The number of amides is 1. The van der Waals surface area contributed by atoms with Gasteiger partial charge in [-0.05, 0) is 36.6 Å². The number of ether oxygens (including phenoxy) is 1. The average Bonchev–Trinajstić information content (AvgIpc) is 3.04. The van der Waals surface area contributed by atoms with Crippen LogP contribution in [0.3, 0.4) is 0 Å². The Bertz CT molecular complexity index is 956. The van der Waals surface area contributed by atoms with Crippen LogP contribution in [0.15, 0.2) is 60.8 Å². The van der Waals surface area contributed by atoms with E-state index in [0.717, 1.165) is 22.2 Å². The summed E-state index contributed by atoms with van der Waals surface area (Å²) >= 11 is 0. The number of aromatic nitrogens is 1. The van der Waals surface area contributed by atoms with Crippen LogP contribution in [0.25, 0.3) is 10.9 Å². The van der Waals surface area contributed by atoms with Gasteiger partial charge in [0.05, 0.1) is 6.42 Å². The molecule has 1 amide bonds. The normalized spacial score (nSPS) is 16.3. The number of carbonyl (C=O) groups excluding carboxylic acids is 1. The lowest BCUT2D eigenvalue weighted by Gasteiger charge is -2.38. The summed E-state index contributed by atoms with van der Waals surface area (Å²) in [4.78, 5) is 14.7. The first-order valence-electron chi connectivity index (χ1n) is 9.75. The molecule has 5 heteroatoms. The average molecular weight is 378 g/mol. The van der Waals surface area contributed by atoms with E-state index >= 15 is 0 Å². The van der Waals surface area contributed by atoms with E-state index in [-0.39, 0.29) is 12.5 Å². The number of rotatable bonds is 5. The number of hydrogen-bond acceptors (Lipinski definition) is 3. The molecule has 0 radical (unpaired) electrons. The van der Waals surface area contributed by atoms with Gasteiger partial charge in [0.2, 0.25) is 5.91 Å². The Labute approximate surface area is 165 Å². The Hall–Kier alpha value is -2.79. The third-order valence-corrected chi connectivity index (χ3v) is 5.62. The minimum atomic E-state index is -0.883. The molecule has 0 bridgehead atoms. The van der Waals surface area contributed by atoms with Crippen LogP contribution >= 0.6 is 0 Å². The number of fused-ring (bicyclic) bond motifs is 1. The van der Waals surface area contributed by atoms with Crippen molar-refractivity contribution < 1.29 is 14.6 Å². The maximum absolute atomic E-state index is 12.8. The van der Waals surface area contributed by atoms with Crippen molar-refractivity contribution in [1.29, 1.82) is 0 Å². The highest BCUT2D eigenvalue weighted by atomic mass is 16.5. The molecule has 0 atom stereocenters. The van der Waals surface area contributed by atoms with Crippen LogP contribution in [0, 0.1) is 0 Å². The molecule has 1 saturated heterocycles. The highest BCUT2D eigenvalue weighted by Crippen LogP contribution is 2.26. The minimum absolute atomic E-state index is 0.113. The molecule has 5 nitrogen and oxygen atoms in total. The summed E-state index contributed by atoms with van der Waals surface area (Å²) in [5, 5.41) is 11.9. The van der Waals surface area contributed by atoms with E-state index in [1.807, 2.05) is 60.6 Å². The molecule has 28 heavy (non-hydrogen) atoms. The van der Waals surface area contributed by atoms with Crippen molar-refractivity contribution in [2.45, 2.75) is 24.9 Å². The summed E-state index contributed by atoms with van der Waals surface area (Å²) in [6.07, 6.45) is 3.49. The predicted octanol–water partition coefficient (Wildman–Crippen LogP) is 3.15. The third-order valence-electron chi connectivity index (χ3n) is 5.62. The van der Waals surface area contributed by atoms with E-state index in [9.17, 15) is 9.90 Å². The number of benzene rings is 2. The summed E-state index contributed by atoms with van der Waals surface area (Å²) in [6, 6.07) is 17.7. The number of hydrogen-bond donors (Lipinski definition) is 1. The van der Waals surface area contributed by atoms with Crippen molar-refractivity contribution in [1.82, 2.24) is 9.47 Å². The maximum atomic E-state index is 12.8. The van der Waals surface area contributed by atoms with Gasteiger partial charge in [-0.25, -0.2) is 0 Å². The molecule has 1 aliphatic heterocycles. The molecule has 1 fully saturated rings. The first kappa shape index (κ1) is 18.6. The van der Waals surface area contributed by atoms with Crippen molar-refractivity contribution in [2.75, 3.05) is 19.7 Å². The number of likely N-dealkylation sites (tertiary alicyclic amines) is 1. The second kappa shape index (κ2) is 7.68. The van der Waals surface area contributed by atoms with E-state index in [1.165, 1.54) is 0 Å². The molecule has 0 spiro atoms. The van der Waals surface area contributed by atoms with Gasteiger partial charge in [-0.1, -0.05) is 36.4 Å². The van der Waals surface area contributed by atoms with Crippen LogP contribution in [0.5, 0.6) is 5.75 Å². The molecule has 2 aromatic carbocycles. The van der Waals surface area contributed by atoms with Crippen molar-refractivity contribution in [3.8, 4) is 5.75 Å². The molecule has 1 aromatic heterocycles. The van der Waals surface area contributed by atoms with Crippen LogP contribution in [-0.2, 0) is 18.3 Å². The highest BCUT2D eigenvalue weighted by molar-refractivity contribution is 5.89. The van der Waals surface area contributed by atoms with Crippen LogP contribution in [0.4, 0.5) is 0 Å². The number of para-hydroxylation sites is 2. The molecular formula is C23H26N2O3. The SMILES string of the molecule is Cn1cc(CC(=O)N2CCC(O)(COc3ccccc3)CC2)c2ccccc21. The summed E-state index contributed by atoms with van der Waals surface area (Å²) < 4.78 is 7.80. The number of piperidine rings is 1. The van der Waals surface area contributed by atoms with Gasteiger partial charge in [-0.15, -0.1) is 0 Å². The smallest absolute Gasteiger partial charge is 0.227 e. The zero-order valence-electron chi connectivity index (χ0n) is 16.2. The molecule has 0 saturated carbocycles. The summed E-state index contributed by atoms with van der Waals surface area (Å²) in [5.41, 5.74) is 1.30. The van der Waals surface area contributed by atoms with Gasteiger partial charge in [-0.2, -0.15) is 0 Å². The lowest BCUT2D eigenvalue weighted by Crippen LogP contribution is -2.49. The second-order valence-corrected chi connectivity index (χ2v) is 7.67. The molecule has 146 valence electrons. The lowest BCUT2D eigenvalue weighted by molar-refractivity contribution is -0.135. The fourth-order valence-corrected chi connectivity index (χ4v) is 3.89. The van der Waals surface area contributed by atoms with Crippen molar-refractivity contribution >= 4 is 16.8 Å². The van der Waals surface area contributed by atoms with E-state index in [4.69, 9.17) is 4.74 Å². The van der Waals surface area contributed by atoms with Crippen molar-refractivity contribution in [3.63, 3.8) is 0 Å². The van der Waals surface area contributed by atoms with Gasteiger partial charge in [0.25, 0.3) is 0 Å². The minimum Gasteiger partial charge on any atom is -0.491 e. The van der Waals surface area contributed by atoms with E-state index in [0.29, 0.717) is 32.4 Å². The molecular weight excluding hydrogens is 352 g/mol. The molecule has 1 aliphatic rings. The first-order chi connectivity index (χ1) is 13.5. The Morgan fingerprint density at radius 1 is 1.07 bits per heavy atom. The van der Waals surface area contributed by atoms with E-state index in [2.05, 4.69) is 16.7 Å². The van der Waals surface area contributed by atoms with Crippen molar-refractivity contribution in [3.05, 3.63) is 66.4 Å². The first-order valence-corrected chi connectivity index (χ1v) is 9.75. The summed E-state index contributed by atoms with van der Waals surface area (Å²) in [7, 11) is 2.00. The van der Waals surface area contributed by atoms with Gasteiger partial charge in [0.15, 0.2) is 0 Å². The van der Waals surface area contributed by atoms with Gasteiger partial charge in [0, 0.05) is 37.2 Å². The number of aryl methyl sites for hydroxylation is 1. The van der Waals surface area contributed by atoms with Crippen molar-refractivity contribution in [2.24, 2.45) is 7.05 Å². The monoisotopic (exact) mass is 378 g/mol. The Morgan fingerprint density at radius 2 is 1.75 bits per heavy atom. The molecule has 0 aliphatic carbocycles. The quantitative estimate of drug-likeness (QED) is 0.742. The molecule has 1 N–H and O–H groups in total. The van der Waals surface area contributed by atoms with Crippen LogP contribution in [0.2, 0.25) is 0 Å². The topological polar surface area (TPSA) is 54.7 Å². The fourth-order valence-electron chi connectivity index (χ4n) is 3.89. The van der Waals surface area contributed by atoms with Gasteiger partial charge in [0.1, 0.15) is 18.0 Å². The third kappa shape index (κ3) is 3.90. The van der Waals surface area contributed by atoms with Crippen LogP contribution in [0.1, 0.15) is 18.4 Å². The Balaban J connectivity index is 1.34. The maximum Gasteiger partial charge on any atom is 0.227 e. The Kier molecular flexibility index (Phi) is 5.09. The highest BCUT2D eigenvalue weighted by Gasteiger charge is 2.34. The lowest BCUT2D eigenvalue weighted by atomic mass is 9.92. The van der Waals surface area contributed by atoms with Gasteiger partial charge >= 0.3 is 0 Å². The van der Waals surface area contributed by atoms with E-state index in [1.54, 1.807) is 0 Å². The molecule has 0 unspecified atom stereocenters. The molecule has 2 heterocycles. The predicted molar refractivity (Wildman–Crippen MR) is 109 cm³/mol. The van der Waals surface area contributed by atoms with Gasteiger partial charge in [-0.3, -0.25) is 4.79 Å². The number of nitrogens with zero attached hydrogens (tertiary/aromatic N) is 2. The summed E-state index contributed by atoms with van der Waals surface area (Å²) in [5.74, 6) is 0.868. The zero-order chi connectivity index (χ0) is 19.6. The van der Waals surface area contributed by atoms with Crippen LogP contribution in [-0.4, -0.2) is 45.8 Å². The molecule has 3 aromatic rings. The Morgan fingerprint density at radius 3 is 2.50 bits per heavy atom. The van der Waals surface area contributed by atoms with E-state index < -0.39 is 5.60 Å². The largest absolute Gasteiger partial charge is 0.491 e. The zero-order valence-corrected chi connectivity index (χ0v) is 16.2. The number of aliphatic hydroxyl groups is 1. The fraction of sp³-hybridized carbons (Fsp3) is 0.348. The number of carbonyl (C=O) groups is 1. The van der Waals surface area contributed by atoms with Crippen LogP contribution < -0.4 is 4.74 Å². The van der Waals surface area contributed by atoms with Gasteiger partial charge < -0.3 is 19.3 Å². The summed E-state index contributed by atoms with van der Waals surface area (Å²) in [6.45, 7) is 1.36. The standard InChI is InChI=1S/C23H26N2O3/c1-24-16-18(20-9-5-6-10-21(20)24)15-22(26)25-13-11-23(27,12-14-25)17-28-19-7-3-2-4-8-19/h2-10,16,27H,11-15,17H2,1H3. The second-order valence-electron chi connectivity index (χ2n) is 7.67. The molecule has 4 rings (SSSR count).